The Hall–Kier alpha value is -1.32. The normalized spacial score (nSPS) is 9.88. The third-order valence-corrected chi connectivity index (χ3v) is 2.29. The van der Waals surface area contributed by atoms with Crippen LogP contribution in [0.3, 0.4) is 0 Å². The number of aromatic nitrogens is 1. The third kappa shape index (κ3) is 2.62. The minimum Gasteiger partial charge on any atom is -0.441 e. The van der Waals surface area contributed by atoms with Crippen LogP contribution in [-0.4, -0.2) is 11.5 Å². The Bertz CT molecular complexity index is 440. The van der Waals surface area contributed by atoms with Gasteiger partial charge in [0.2, 0.25) is 5.89 Å². The maximum atomic E-state index is 5.59. The van der Waals surface area contributed by atoms with Gasteiger partial charge in [0, 0.05) is 12.0 Å². The van der Waals surface area contributed by atoms with Crippen molar-refractivity contribution >= 4 is 12.4 Å². The van der Waals surface area contributed by atoms with Gasteiger partial charge in [-0.25, -0.2) is 4.98 Å². The van der Waals surface area contributed by atoms with Crippen LogP contribution in [0.15, 0.2) is 34.7 Å². The summed E-state index contributed by atoms with van der Waals surface area (Å²) in [5.41, 5.74) is 7.45. The van der Waals surface area contributed by atoms with E-state index in [4.69, 9.17) is 10.2 Å². The fourth-order valence-corrected chi connectivity index (χ4v) is 1.50. The van der Waals surface area contributed by atoms with Gasteiger partial charge in [-0.2, -0.15) is 0 Å². The molecule has 1 aromatic heterocycles. The Morgan fingerprint density at radius 2 is 1.94 bits per heavy atom. The van der Waals surface area contributed by atoms with Crippen LogP contribution in [0.25, 0.3) is 11.5 Å². The number of hydrogen-bond donors (Lipinski definition) is 1. The highest BCUT2D eigenvalue weighted by molar-refractivity contribution is 5.85. The molecule has 0 saturated heterocycles. The summed E-state index contributed by atoms with van der Waals surface area (Å²) < 4.78 is 5.59. The van der Waals surface area contributed by atoms with Crippen molar-refractivity contribution in [1.29, 1.82) is 0 Å². The molecule has 4 heteroatoms. The number of rotatable bonds is 3. The van der Waals surface area contributed by atoms with E-state index >= 15 is 0 Å². The molecule has 3 nitrogen and oxygen atoms in total. The van der Waals surface area contributed by atoms with Gasteiger partial charge in [-0.15, -0.1) is 12.4 Å². The van der Waals surface area contributed by atoms with E-state index in [1.54, 1.807) is 0 Å². The maximum Gasteiger partial charge on any atom is 0.226 e. The molecule has 2 aromatic rings. The van der Waals surface area contributed by atoms with Crippen molar-refractivity contribution in [2.75, 3.05) is 6.54 Å². The predicted octanol–water partition coefficient (Wildman–Crippen LogP) is 2.57. The zero-order chi connectivity index (χ0) is 10.7. The lowest BCUT2D eigenvalue weighted by Crippen LogP contribution is -2.03. The second-order valence-electron chi connectivity index (χ2n) is 3.43. The molecule has 0 unspecified atom stereocenters. The first kappa shape index (κ1) is 12.7. The summed E-state index contributed by atoms with van der Waals surface area (Å²) >= 11 is 0. The summed E-state index contributed by atoms with van der Waals surface area (Å²) in [6, 6.07) is 9.88. The zero-order valence-corrected chi connectivity index (χ0v) is 9.96. The molecular formula is C12H15ClN2O. The molecule has 0 aliphatic rings. The number of aryl methyl sites for hydroxylation is 1. The summed E-state index contributed by atoms with van der Waals surface area (Å²) in [6.45, 7) is 2.52. The number of oxazole rings is 1. The lowest BCUT2D eigenvalue weighted by Gasteiger charge is -1.92. The topological polar surface area (TPSA) is 52.0 Å². The first-order chi connectivity index (χ1) is 7.31. The fourth-order valence-electron chi connectivity index (χ4n) is 1.50. The molecule has 0 spiro atoms. The Balaban J connectivity index is 0.00000128. The van der Waals surface area contributed by atoms with Crippen LogP contribution in [0.4, 0.5) is 0 Å². The highest BCUT2D eigenvalue weighted by Crippen LogP contribution is 2.21. The van der Waals surface area contributed by atoms with Crippen molar-refractivity contribution in [1.82, 2.24) is 4.98 Å². The molecule has 1 heterocycles. The van der Waals surface area contributed by atoms with Gasteiger partial charge in [-0.3, -0.25) is 0 Å². The zero-order valence-electron chi connectivity index (χ0n) is 9.14. The molecule has 0 amide bonds. The Morgan fingerprint density at radius 3 is 2.56 bits per heavy atom. The molecule has 2 rings (SSSR count). The lowest BCUT2D eigenvalue weighted by atomic mass is 10.2. The van der Waals surface area contributed by atoms with Crippen molar-refractivity contribution < 1.29 is 4.42 Å². The van der Waals surface area contributed by atoms with Crippen LogP contribution in [0.1, 0.15) is 11.5 Å². The molecule has 0 aliphatic heterocycles. The van der Waals surface area contributed by atoms with Crippen LogP contribution in [0.5, 0.6) is 0 Å². The number of halogens is 1. The maximum absolute atomic E-state index is 5.59. The molecule has 0 radical (unpaired) electrons. The van der Waals surface area contributed by atoms with Gasteiger partial charge in [0.05, 0.1) is 5.69 Å². The van der Waals surface area contributed by atoms with Crippen molar-refractivity contribution in [2.24, 2.45) is 5.73 Å². The van der Waals surface area contributed by atoms with E-state index in [2.05, 4.69) is 4.98 Å². The Morgan fingerprint density at radius 1 is 1.25 bits per heavy atom. The molecule has 0 bridgehead atoms. The monoisotopic (exact) mass is 238 g/mol. The number of nitrogens with two attached hydrogens (primary N) is 1. The second kappa shape index (κ2) is 5.68. The van der Waals surface area contributed by atoms with Gasteiger partial charge in [-0.1, -0.05) is 18.2 Å². The SMILES string of the molecule is Cc1oc(-c2ccccc2)nc1CCN.Cl. The molecule has 1 aromatic carbocycles. The molecule has 16 heavy (non-hydrogen) atoms. The van der Waals surface area contributed by atoms with Crippen LogP contribution in [0, 0.1) is 6.92 Å². The first-order valence-corrected chi connectivity index (χ1v) is 5.03. The average Bonchev–Trinajstić information content (AvgIpc) is 2.63. The van der Waals surface area contributed by atoms with Gasteiger partial charge in [-0.05, 0) is 25.6 Å². The smallest absolute Gasteiger partial charge is 0.226 e. The summed E-state index contributed by atoms with van der Waals surface area (Å²) in [4.78, 5) is 4.42. The van der Waals surface area contributed by atoms with Crippen molar-refractivity contribution in [3.8, 4) is 11.5 Å². The van der Waals surface area contributed by atoms with Gasteiger partial charge in [0.25, 0.3) is 0 Å². The summed E-state index contributed by atoms with van der Waals surface area (Å²) in [5, 5.41) is 0. The van der Waals surface area contributed by atoms with Crippen LogP contribution in [-0.2, 0) is 6.42 Å². The first-order valence-electron chi connectivity index (χ1n) is 5.03. The van der Waals surface area contributed by atoms with Crippen LogP contribution < -0.4 is 5.73 Å². The number of benzene rings is 1. The number of nitrogens with zero attached hydrogens (tertiary/aromatic N) is 1. The minimum atomic E-state index is 0. The van der Waals surface area contributed by atoms with E-state index in [-0.39, 0.29) is 12.4 Å². The van der Waals surface area contributed by atoms with Crippen molar-refractivity contribution in [3.05, 3.63) is 41.8 Å². The van der Waals surface area contributed by atoms with E-state index in [1.165, 1.54) is 0 Å². The molecule has 86 valence electrons. The van der Waals surface area contributed by atoms with E-state index in [9.17, 15) is 0 Å². The molecule has 0 aliphatic carbocycles. The molecular weight excluding hydrogens is 224 g/mol. The molecule has 0 atom stereocenters. The average molecular weight is 239 g/mol. The van der Waals surface area contributed by atoms with E-state index in [1.807, 2.05) is 37.3 Å². The minimum absolute atomic E-state index is 0. The second-order valence-corrected chi connectivity index (χ2v) is 3.43. The van der Waals surface area contributed by atoms with E-state index in [0.29, 0.717) is 12.4 Å². The van der Waals surface area contributed by atoms with Gasteiger partial charge < -0.3 is 10.2 Å². The predicted molar refractivity (Wildman–Crippen MR) is 66.7 cm³/mol. The highest BCUT2D eigenvalue weighted by Gasteiger charge is 2.09. The van der Waals surface area contributed by atoms with Crippen molar-refractivity contribution in [3.63, 3.8) is 0 Å². The standard InChI is InChI=1S/C12H14N2O.ClH/c1-9-11(7-8-13)14-12(15-9)10-5-3-2-4-6-10;/h2-6H,7-8,13H2,1H3;1H. The Labute approximate surface area is 101 Å². The van der Waals surface area contributed by atoms with Gasteiger partial charge in [0.1, 0.15) is 5.76 Å². The number of hydrogen-bond acceptors (Lipinski definition) is 3. The quantitative estimate of drug-likeness (QED) is 0.894. The summed E-state index contributed by atoms with van der Waals surface area (Å²) in [5.74, 6) is 1.54. The summed E-state index contributed by atoms with van der Waals surface area (Å²) in [7, 11) is 0. The van der Waals surface area contributed by atoms with E-state index in [0.717, 1.165) is 23.4 Å². The highest BCUT2D eigenvalue weighted by atomic mass is 35.5. The lowest BCUT2D eigenvalue weighted by molar-refractivity contribution is 0.539. The molecule has 0 fully saturated rings. The van der Waals surface area contributed by atoms with Gasteiger partial charge in [0.15, 0.2) is 0 Å². The molecule has 0 saturated carbocycles. The largest absolute Gasteiger partial charge is 0.441 e. The Kier molecular flexibility index (Phi) is 4.52. The third-order valence-electron chi connectivity index (χ3n) is 2.29. The molecule has 2 N–H and O–H groups in total. The van der Waals surface area contributed by atoms with Crippen LogP contribution in [0.2, 0.25) is 0 Å². The van der Waals surface area contributed by atoms with Crippen molar-refractivity contribution in [2.45, 2.75) is 13.3 Å². The van der Waals surface area contributed by atoms with Crippen LogP contribution >= 0.6 is 12.4 Å². The van der Waals surface area contributed by atoms with Gasteiger partial charge >= 0.3 is 0 Å². The summed E-state index contributed by atoms with van der Waals surface area (Å²) in [6.07, 6.45) is 0.766. The fraction of sp³-hybridized carbons (Fsp3) is 0.250. The van der Waals surface area contributed by atoms with E-state index < -0.39 is 0 Å².